The zero-order valence-corrected chi connectivity index (χ0v) is 33.1. The van der Waals surface area contributed by atoms with Gasteiger partial charge in [0, 0.05) is 44.0 Å². The van der Waals surface area contributed by atoms with Gasteiger partial charge in [0.15, 0.2) is 0 Å². The highest BCUT2D eigenvalue weighted by molar-refractivity contribution is 6.10. The van der Waals surface area contributed by atoms with Crippen molar-refractivity contribution in [2.75, 3.05) is 4.90 Å². The lowest BCUT2D eigenvalue weighted by molar-refractivity contribution is 0.669. The molecule has 0 atom stereocenters. The Hall–Kier alpha value is -8.14. The monoisotopic (exact) mass is 779 g/mol. The van der Waals surface area contributed by atoms with E-state index in [1.54, 1.807) is 0 Å². The highest BCUT2D eigenvalue weighted by Gasteiger charge is 2.20. The number of hydrogen-bond donors (Lipinski definition) is 0. The van der Waals surface area contributed by atoms with E-state index in [-0.39, 0.29) is 0 Å². The second-order valence-electron chi connectivity index (χ2n) is 15.6. The summed E-state index contributed by atoms with van der Waals surface area (Å²) in [5.41, 5.74) is 16.0. The van der Waals surface area contributed by atoms with Crippen LogP contribution in [0.2, 0.25) is 0 Å². The maximum Gasteiger partial charge on any atom is 0.143 e. The van der Waals surface area contributed by atoms with E-state index in [1.165, 1.54) is 27.5 Å². The average molecular weight is 780 g/mol. The molecular formula is C58H37NO2. The lowest BCUT2D eigenvalue weighted by Crippen LogP contribution is -2.11. The molecule has 0 aliphatic rings. The first-order valence-electron chi connectivity index (χ1n) is 20.7. The maximum atomic E-state index is 6.46. The minimum Gasteiger partial charge on any atom is -0.456 e. The van der Waals surface area contributed by atoms with E-state index in [0.717, 1.165) is 88.8 Å². The summed E-state index contributed by atoms with van der Waals surface area (Å²) in [5.74, 6) is 0. The van der Waals surface area contributed by atoms with E-state index in [4.69, 9.17) is 8.83 Å². The molecule has 2 heterocycles. The Kier molecular flexibility index (Phi) is 8.17. The van der Waals surface area contributed by atoms with Crippen LogP contribution in [-0.2, 0) is 0 Å². The first kappa shape index (κ1) is 34.9. The van der Waals surface area contributed by atoms with E-state index < -0.39 is 0 Å². The van der Waals surface area contributed by atoms with Gasteiger partial charge in [-0.2, -0.15) is 0 Å². The Morgan fingerprint density at radius 1 is 0.279 bits per heavy atom. The lowest BCUT2D eigenvalue weighted by Gasteiger charge is -2.28. The number of hydrogen-bond acceptors (Lipinski definition) is 3. The van der Waals surface area contributed by atoms with E-state index in [1.807, 2.05) is 24.3 Å². The molecule has 12 rings (SSSR count). The van der Waals surface area contributed by atoms with Gasteiger partial charge in [-0.3, -0.25) is 0 Å². The molecule has 0 radical (unpaired) electrons. The number of para-hydroxylation sites is 4. The minimum absolute atomic E-state index is 0.883. The molecule has 0 aliphatic heterocycles. The van der Waals surface area contributed by atoms with Gasteiger partial charge < -0.3 is 13.7 Å². The van der Waals surface area contributed by atoms with Crippen LogP contribution in [0.15, 0.2) is 233 Å². The summed E-state index contributed by atoms with van der Waals surface area (Å²) < 4.78 is 12.7. The van der Waals surface area contributed by atoms with Gasteiger partial charge in [0.2, 0.25) is 0 Å². The molecule has 0 amide bonds. The quantitative estimate of drug-likeness (QED) is 0.161. The van der Waals surface area contributed by atoms with Crippen molar-refractivity contribution >= 4 is 71.7 Å². The summed E-state index contributed by atoms with van der Waals surface area (Å²) in [6.07, 6.45) is 0. The van der Waals surface area contributed by atoms with Crippen LogP contribution in [0, 0.1) is 0 Å². The van der Waals surface area contributed by atoms with E-state index >= 15 is 0 Å². The molecule has 0 saturated heterocycles. The molecular weight excluding hydrogens is 743 g/mol. The smallest absolute Gasteiger partial charge is 0.143 e. The molecule has 0 bridgehead atoms. The van der Waals surface area contributed by atoms with Crippen LogP contribution >= 0.6 is 0 Å². The number of rotatable bonds is 7. The topological polar surface area (TPSA) is 29.5 Å². The zero-order valence-electron chi connectivity index (χ0n) is 33.1. The van der Waals surface area contributed by atoms with Crippen LogP contribution in [0.4, 0.5) is 17.1 Å². The molecule has 0 spiro atoms. The van der Waals surface area contributed by atoms with Crippen LogP contribution in [0.5, 0.6) is 0 Å². The van der Waals surface area contributed by atoms with Crippen LogP contribution in [0.25, 0.3) is 99.2 Å². The molecule has 3 heteroatoms. The standard InChI is InChI=1S/C58H37NO2/c1-2-15-44-38(13-1)14-11-22-49(44)48-18-4-3-16-45(48)39-27-32-42(33-28-39)59(43-34-29-40(30-35-43)47-21-12-23-52-50-19-6-10-26-56(50)61-58(47)52)54-24-8-5-17-46(54)41-31-36-57-53(37-41)51-20-7-9-25-55(51)60-57/h1-37H. The Bertz CT molecular complexity index is 3590. The number of fused-ring (bicyclic) bond motifs is 7. The van der Waals surface area contributed by atoms with Crippen molar-refractivity contribution in [1.29, 1.82) is 0 Å². The molecule has 0 N–H and O–H groups in total. The zero-order chi connectivity index (χ0) is 40.3. The fourth-order valence-corrected chi connectivity index (χ4v) is 9.22. The van der Waals surface area contributed by atoms with Crippen molar-refractivity contribution in [3.05, 3.63) is 224 Å². The van der Waals surface area contributed by atoms with Crippen LogP contribution in [-0.4, -0.2) is 0 Å². The molecule has 0 fully saturated rings. The Morgan fingerprint density at radius 2 is 0.770 bits per heavy atom. The minimum atomic E-state index is 0.883. The number of furan rings is 2. The molecule has 12 aromatic rings. The predicted octanol–water partition coefficient (Wildman–Crippen LogP) is 16.8. The van der Waals surface area contributed by atoms with Crippen molar-refractivity contribution < 1.29 is 8.83 Å². The van der Waals surface area contributed by atoms with Gasteiger partial charge in [-0.25, -0.2) is 0 Å². The van der Waals surface area contributed by atoms with Crippen molar-refractivity contribution in [3.63, 3.8) is 0 Å². The Balaban J connectivity index is 0.997. The summed E-state index contributed by atoms with van der Waals surface area (Å²) in [5, 5.41) is 6.95. The third-order valence-electron chi connectivity index (χ3n) is 12.1. The van der Waals surface area contributed by atoms with E-state index in [2.05, 4.69) is 205 Å². The molecule has 3 nitrogen and oxygen atoms in total. The highest BCUT2D eigenvalue weighted by Crippen LogP contribution is 2.45. The second kappa shape index (κ2) is 14.3. The number of nitrogens with zero attached hydrogens (tertiary/aromatic N) is 1. The fourth-order valence-electron chi connectivity index (χ4n) is 9.22. The Morgan fingerprint density at radius 3 is 1.54 bits per heavy atom. The van der Waals surface area contributed by atoms with Gasteiger partial charge in [-0.1, -0.05) is 170 Å². The molecule has 61 heavy (non-hydrogen) atoms. The second-order valence-corrected chi connectivity index (χ2v) is 15.6. The van der Waals surface area contributed by atoms with Gasteiger partial charge in [0.25, 0.3) is 0 Å². The summed E-state index contributed by atoms with van der Waals surface area (Å²) >= 11 is 0. The third-order valence-corrected chi connectivity index (χ3v) is 12.1. The largest absolute Gasteiger partial charge is 0.456 e. The van der Waals surface area contributed by atoms with Gasteiger partial charge in [0.1, 0.15) is 22.3 Å². The first-order valence-corrected chi connectivity index (χ1v) is 20.7. The maximum absolute atomic E-state index is 6.46. The van der Waals surface area contributed by atoms with Gasteiger partial charge >= 0.3 is 0 Å². The summed E-state index contributed by atoms with van der Waals surface area (Å²) in [4.78, 5) is 2.37. The fraction of sp³-hybridized carbons (Fsp3) is 0. The molecule has 2 aromatic heterocycles. The molecule has 0 saturated carbocycles. The van der Waals surface area contributed by atoms with Crippen LogP contribution in [0.3, 0.4) is 0 Å². The van der Waals surface area contributed by atoms with E-state index in [9.17, 15) is 0 Å². The summed E-state index contributed by atoms with van der Waals surface area (Å²) in [7, 11) is 0. The van der Waals surface area contributed by atoms with Crippen molar-refractivity contribution in [2.45, 2.75) is 0 Å². The van der Waals surface area contributed by atoms with Crippen LogP contribution in [0.1, 0.15) is 0 Å². The van der Waals surface area contributed by atoms with Gasteiger partial charge in [-0.15, -0.1) is 0 Å². The van der Waals surface area contributed by atoms with Crippen molar-refractivity contribution in [3.8, 4) is 44.5 Å². The normalized spacial score (nSPS) is 11.6. The van der Waals surface area contributed by atoms with E-state index in [0.29, 0.717) is 0 Å². The Labute approximate surface area is 353 Å². The predicted molar refractivity (Wildman–Crippen MR) is 255 cm³/mol. The summed E-state index contributed by atoms with van der Waals surface area (Å²) in [6, 6.07) is 80.0. The average Bonchev–Trinajstić information content (AvgIpc) is 3.91. The molecule has 0 unspecified atom stereocenters. The SMILES string of the molecule is c1ccc(-c2cccc3ccccc23)c(-c2ccc(N(c3ccc(-c4cccc5c4oc4ccccc45)cc3)c3ccccc3-c3ccc4oc5ccccc5c4c3)cc2)c1. The van der Waals surface area contributed by atoms with Crippen LogP contribution < -0.4 is 4.90 Å². The van der Waals surface area contributed by atoms with Gasteiger partial charge in [-0.05, 0) is 98.8 Å². The summed E-state index contributed by atoms with van der Waals surface area (Å²) in [6.45, 7) is 0. The number of anilines is 3. The third kappa shape index (κ3) is 5.90. The highest BCUT2D eigenvalue weighted by atomic mass is 16.3. The molecule has 286 valence electrons. The first-order chi connectivity index (χ1) is 30.2. The molecule has 0 aliphatic carbocycles. The van der Waals surface area contributed by atoms with Crippen molar-refractivity contribution in [2.24, 2.45) is 0 Å². The lowest BCUT2D eigenvalue weighted by atomic mass is 9.91. The van der Waals surface area contributed by atoms with Crippen molar-refractivity contribution in [1.82, 2.24) is 0 Å². The van der Waals surface area contributed by atoms with Gasteiger partial charge in [0.05, 0.1) is 5.69 Å². The number of benzene rings is 10. The molecule has 10 aromatic carbocycles.